The summed E-state index contributed by atoms with van der Waals surface area (Å²) in [4.78, 5) is 12.7. The van der Waals surface area contributed by atoms with Crippen LogP contribution in [0.2, 0.25) is 0 Å². The number of nitrogens with one attached hydrogen (secondary N) is 1. The van der Waals surface area contributed by atoms with Crippen LogP contribution < -0.4 is 5.56 Å². The number of rotatable bonds is 6. The quantitative estimate of drug-likeness (QED) is 0.830. The van der Waals surface area contributed by atoms with Gasteiger partial charge in [-0.2, -0.15) is 5.10 Å². The number of hydrogen-bond donors (Lipinski definition) is 1. The van der Waals surface area contributed by atoms with Gasteiger partial charge in [-0.3, -0.25) is 9.89 Å². The van der Waals surface area contributed by atoms with E-state index in [4.69, 9.17) is 17.0 Å². The van der Waals surface area contributed by atoms with Crippen molar-refractivity contribution in [1.29, 1.82) is 0 Å². The third kappa shape index (κ3) is 3.14. The van der Waals surface area contributed by atoms with Crippen molar-refractivity contribution in [2.45, 2.75) is 33.4 Å². The maximum Gasteiger partial charge on any atom is 0.261 e. The molecule has 0 aliphatic rings. The minimum Gasteiger partial charge on any atom is -0.383 e. The zero-order valence-corrected chi connectivity index (χ0v) is 13.4. The molecule has 0 fully saturated rings. The highest BCUT2D eigenvalue weighted by atomic mass is 32.1. The molecule has 0 radical (unpaired) electrons. The molecule has 0 bridgehead atoms. The number of aromatic amines is 1. The zero-order chi connectivity index (χ0) is 15.4. The molecule has 6 nitrogen and oxygen atoms in total. The summed E-state index contributed by atoms with van der Waals surface area (Å²) in [6.45, 7) is 5.71. The number of aromatic nitrogens is 4. The first kappa shape index (κ1) is 15.7. The van der Waals surface area contributed by atoms with E-state index in [-0.39, 0.29) is 5.56 Å². The Bertz CT molecular complexity index is 729. The third-order valence-electron chi connectivity index (χ3n) is 3.36. The molecule has 0 spiro atoms. The van der Waals surface area contributed by atoms with E-state index in [0.717, 1.165) is 18.7 Å². The van der Waals surface area contributed by atoms with Crippen LogP contribution in [0.4, 0.5) is 0 Å². The minimum atomic E-state index is -0.0709. The molecule has 1 N–H and O–H groups in total. The number of hydrogen-bond acceptors (Lipinski definition) is 4. The van der Waals surface area contributed by atoms with Gasteiger partial charge in [0.05, 0.1) is 12.2 Å². The van der Waals surface area contributed by atoms with Gasteiger partial charge in [-0.05, 0) is 37.7 Å². The van der Waals surface area contributed by atoms with Crippen molar-refractivity contribution < 1.29 is 4.74 Å². The predicted molar refractivity (Wildman–Crippen MR) is 84.0 cm³/mol. The van der Waals surface area contributed by atoms with Crippen LogP contribution in [0.25, 0.3) is 11.4 Å². The molecule has 0 atom stereocenters. The maximum absolute atomic E-state index is 12.7. The molecule has 0 amide bonds. The molecule has 0 aromatic carbocycles. The smallest absolute Gasteiger partial charge is 0.261 e. The Morgan fingerprint density at radius 1 is 1.33 bits per heavy atom. The molecular formula is C14H20N4O2S. The van der Waals surface area contributed by atoms with E-state index in [9.17, 15) is 4.79 Å². The van der Waals surface area contributed by atoms with E-state index in [1.807, 2.05) is 17.6 Å². The molecule has 0 aliphatic carbocycles. The first-order valence-corrected chi connectivity index (χ1v) is 7.36. The van der Waals surface area contributed by atoms with Gasteiger partial charge in [-0.15, -0.1) is 0 Å². The van der Waals surface area contributed by atoms with E-state index < -0.39 is 0 Å². The van der Waals surface area contributed by atoms with Gasteiger partial charge in [0.25, 0.3) is 5.56 Å². The van der Waals surface area contributed by atoms with E-state index in [1.165, 1.54) is 0 Å². The summed E-state index contributed by atoms with van der Waals surface area (Å²) in [5.74, 6) is 0.595. The summed E-state index contributed by atoms with van der Waals surface area (Å²) >= 11 is 5.23. The van der Waals surface area contributed by atoms with Crippen molar-refractivity contribution in [3.05, 3.63) is 33.0 Å². The van der Waals surface area contributed by atoms with Crippen LogP contribution in [0.15, 0.2) is 16.9 Å². The molecule has 0 saturated carbocycles. The van der Waals surface area contributed by atoms with Crippen molar-refractivity contribution in [2.75, 3.05) is 13.7 Å². The maximum atomic E-state index is 12.7. The highest BCUT2D eigenvalue weighted by Crippen LogP contribution is 2.14. The van der Waals surface area contributed by atoms with Gasteiger partial charge in [-0.25, -0.2) is 0 Å². The predicted octanol–water partition coefficient (Wildman–Crippen LogP) is 2.13. The lowest BCUT2D eigenvalue weighted by Crippen LogP contribution is -2.26. The highest BCUT2D eigenvalue weighted by molar-refractivity contribution is 7.71. The summed E-state index contributed by atoms with van der Waals surface area (Å²) in [7, 11) is 1.62. The summed E-state index contributed by atoms with van der Waals surface area (Å²) in [5.41, 5.74) is 1.38. The number of nitrogens with zero attached hydrogens (tertiary/aromatic N) is 3. The molecule has 2 rings (SSSR count). The van der Waals surface area contributed by atoms with E-state index in [0.29, 0.717) is 29.3 Å². The van der Waals surface area contributed by atoms with Crippen LogP contribution in [-0.2, 0) is 17.8 Å². The Morgan fingerprint density at radius 2 is 2.10 bits per heavy atom. The average Bonchev–Trinajstić information content (AvgIpc) is 2.81. The fraction of sp³-hybridized carbons (Fsp3) is 0.500. The SMILES string of the molecule is CCCn1c(-c2ccc(C)n(CCOC)c2=O)n[nH]c1=S. The van der Waals surface area contributed by atoms with Crippen molar-refractivity contribution in [3.63, 3.8) is 0 Å². The lowest BCUT2D eigenvalue weighted by atomic mass is 10.2. The Labute approximate surface area is 128 Å². The summed E-state index contributed by atoms with van der Waals surface area (Å²) in [6, 6.07) is 3.72. The van der Waals surface area contributed by atoms with Gasteiger partial charge in [0, 0.05) is 25.9 Å². The lowest BCUT2D eigenvalue weighted by molar-refractivity contribution is 0.185. The molecule has 7 heteroatoms. The molecule has 0 aliphatic heterocycles. The summed E-state index contributed by atoms with van der Waals surface area (Å²) in [5, 5.41) is 6.99. The second-order valence-corrected chi connectivity index (χ2v) is 5.23. The minimum absolute atomic E-state index is 0.0709. The fourth-order valence-electron chi connectivity index (χ4n) is 2.26. The van der Waals surface area contributed by atoms with E-state index >= 15 is 0 Å². The largest absolute Gasteiger partial charge is 0.383 e. The van der Waals surface area contributed by atoms with Crippen LogP contribution >= 0.6 is 12.2 Å². The first-order valence-electron chi connectivity index (χ1n) is 6.95. The van der Waals surface area contributed by atoms with Crippen LogP contribution in [0, 0.1) is 11.7 Å². The molecule has 0 saturated heterocycles. The number of aryl methyl sites for hydroxylation is 1. The Balaban J connectivity index is 2.55. The zero-order valence-electron chi connectivity index (χ0n) is 12.5. The number of ether oxygens (including phenoxy) is 1. The second-order valence-electron chi connectivity index (χ2n) is 4.84. The molecule has 0 unspecified atom stereocenters. The van der Waals surface area contributed by atoms with Crippen LogP contribution in [0.1, 0.15) is 19.0 Å². The molecule has 2 aromatic heterocycles. The first-order chi connectivity index (χ1) is 10.1. The number of H-pyrrole nitrogens is 1. The van der Waals surface area contributed by atoms with Crippen molar-refractivity contribution in [3.8, 4) is 11.4 Å². The standard InChI is InChI=1S/C14H20N4O2S/c1-4-7-18-12(15-16-14(18)21)11-6-5-10(2)17(13(11)19)8-9-20-3/h5-6H,4,7-9H2,1-3H3,(H,16,21). The van der Waals surface area contributed by atoms with Crippen LogP contribution in [-0.4, -0.2) is 33.0 Å². The van der Waals surface area contributed by atoms with Crippen LogP contribution in [0.3, 0.4) is 0 Å². The molecule has 114 valence electrons. The fourth-order valence-corrected chi connectivity index (χ4v) is 2.48. The Kier molecular flexibility index (Phi) is 5.08. The van der Waals surface area contributed by atoms with Crippen molar-refractivity contribution in [2.24, 2.45) is 0 Å². The molecule has 2 aromatic rings. The van der Waals surface area contributed by atoms with Gasteiger partial charge in [-0.1, -0.05) is 6.92 Å². The number of pyridine rings is 1. The van der Waals surface area contributed by atoms with Crippen LogP contribution in [0.5, 0.6) is 0 Å². The van der Waals surface area contributed by atoms with Gasteiger partial charge in [0.1, 0.15) is 0 Å². The van der Waals surface area contributed by atoms with Crippen molar-refractivity contribution in [1.82, 2.24) is 19.3 Å². The Hall–Kier alpha value is -1.73. The van der Waals surface area contributed by atoms with Gasteiger partial charge in [0.2, 0.25) is 0 Å². The van der Waals surface area contributed by atoms with Crippen molar-refractivity contribution >= 4 is 12.2 Å². The monoisotopic (exact) mass is 308 g/mol. The average molecular weight is 308 g/mol. The molecular weight excluding hydrogens is 288 g/mol. The molecule has 2 heterocycles. The summed E-state index contributed by atoms with van der Waals surface area (Å²) in [6.07, 6.45) is 0.921. The van der Waals surface area contributed by atoms with Gasteiger partial charge < -0.3 is 13.9 Å². The summed E-state index contributed by atoms with van der Waals surface area (Å²) < 4.78 is 9.17. The number of methoxy groups -OCH3 is 1. The normalized spacial score (nSPS) is 11.0. The highest BCUT2D eigenvalue weighted by Gasteiger charge is 2.14. The lowest BCUT2D eigenvalue weighted by Gasteiger charge is -2.12. The van der Waals surface area contributed by atoms with E-state index in [1.54, 1.807) is 17.7 Å². The second kappa shape index (κ2) is 6.82. The van der Waals surface area contributed by atoms with Gasteiger partial charge in [0.15, 0.2) is 10.6 Å². The van der Waals surface area contributed by atoms with Gasteiger partial charge >= 0.3 is 0 Å². The Morgan fingerprint density at radius 3 is 2.76 bits per heavy atom. The third-order valence-corrected chi connectivity index (χ3v) is 3.67. The topological polar surface area (TPSA) is 64.8 Å². The molecule has 21 heavy (non-hydrogen) atoms. The van der Waals surface area contributed by atoms with E-state index in [2.05, 4.69) is 17.1 Å².